The lowest BCUT2D eigenvalue weighted by Crippen LogP contribution is -2.41. The van der Waals surface area contributed by atoms with Gasteiger partial charge >= 0.3 is 0 Å². The van der Waals surface area contributed by atoms with Crippen molar-refractivity contribution < 1.29 is 14.3 Å². The van der Waals surface area contributed by atoms with Gasteiger partial charge in [0.2, 0.25) is 11.8 Å². The van der Waals surface area contributed by atoms with Crippen LogP contribution in [0.25, 0.3) is 21.5 Å². The van der Waals surface area contributed by atoms with E-state index in [1.54, 1.807) is 11.3 Å². The normalized spacial score (nSPS) is 26.9. The zero-order valence-electron chi connectivity index (χ0n) is 19.2. The zero-order valence-corrected chi connectivity index (χ0v) is 20.0. The molecule has 33 heavy (non-hydrogen) atoms. The Kier molecular flexibility index (Phi) is 4.76. The highest BCUT2D eigenvalue weighted by atomic mass is 32.1. The van der Waals surface area contributed by atoms with Crippen molar-refractivity contribution in [3.05, 3.63) is 41.5 Å². The Hall–Kier alpha value is -2.55. The van der Waals surface area contributed by atoms with Crippen molar-refractivity contribution in [2.24, 2.45) is 17.3 Å². The fourth-order valence-corrected chi connectivity index (χ4v) is 6.72. The van der Waals surface area contributed by atoms with Crippen LogP contribution in [0.4, 0.5) is 0 Å². The van der Waals surface area contributed by atoms with E-state index >= 15 is 0 Å². The number of thiophene rings is 1. The summed E-state index contributed by atoms with van der Waals surface area (Å²) in [4.78, 5) is 34.9. The lowest BCUT2D eigenvalue weighted by Gasteiger charge is -2.30. The maximum atomic E-state index is 12.8. The highest BCUT2D eigenvalue weighted by Crippen LogP contribution is 2.63. The van der Waals surface area contributed by atoms with Crippen molar-refractivity contribution in [1.82, 2.24) is 19.4 Å². The molecule has 172 valence electrons. The Morgan fingerprint density at radius 3 is 2.76 bits per heavy atom. The molecule has 6 rings (SSSR count). The van der Waals surface area contributed by atoms with E-state index in [2.05, 4.69) is 39.8 Å². The van der Waals surface area contributed by atoms with Crippen molar-refractivity contribution in [3.63, 3.8) is 0 Å². The molecule has 2 aliphatic heterocycles. The Labute approximate surface area is 196 Å². The van der Waals surface area contributed by atoms with E-state index in [0.29, 0.717) is 6.54 Å². The van der Waals surface area contributed by atoms with Gasteiger partial charge in [-0.05, 0) is 36.7 Å². The van der Waals surface area contributed by atoms with Crippen molar-refractivity contribution in [2.75, 3.05) is 26.7 Å². The molecule has 3 aromatic heterocycles. The summed E-state index contributed by atoms with van der Waals surface area (Å²) < 4.78 is 9.32. The standard InChI is InChI=1S/C25H28N4O3S/c1-25(2)20-21(25)24(31)29(23(20)30)14-16-11-18-22(33-16)17(6-7-26-18)19-5-4-8-28(19)13-15-12-27(3)9-10-32-15/h4-8,11,15,20-21H,9-10,12-14H2,1-3H3. The number of fused-ring (bicyclic) bond motifs is 2. The topological polar surface area (TPSA) is 67.7 Å². The molecule has 0 bridgehead atoms. The van der Waals surface area contributed by atoms with Gasteiger partial charge in [-0.25, -0.2) is 0 Å². The summed E-state index contributed by atoms with van der Waals surface area (Å²) in [5.74, 6) is -0.325. The van der Waals surface area contributed by atoms with Crippen LogP contribution in [0.15, 0.2) is 36.7 Å². The largest absolute Gasteiger partial charge is 0.374 e. The summed E-state index contributed by atoms with van der Waals surface area (Å²) in [5.41, 5.74) is 2.97. The van der Waals surface area contributed by atoms with Crippen molar-refractivity contribution in [1.29, 1.82) is 0 Å². The summed E-state index contributed by atoms with van der Waals surface area (Å²) in [5, 5.41) is 0. The Morgan fingerprint density at radius 2 is 2.00 bits per heavy atom. The van der Waals surface area contributed by atoms with Gasteiger partial charge in [0.15, 0.2) is 0 Å². The van der Waals surface area contributed by atoms with Crippen molar-refractivity contribution in [2.45, 2.75) is 33.0 Å². The molecule has 3 aromatic rings. The second kappa shape index (κ2) is 7.48. The van der Waals surface area contributed by atoms with Gasteiger partial charge in [0.25, 0.3) is 0 Å². The van der Waals surface area contributed by atoms with E-state index in [4.69, 9.17) is 4.74 Å². The van der Waals surface area contributed by atoms with E-state index in [0.717, 1.165) is 52.6 Å². The predicted octanol–water partition coefficient (Wildman–Crippen LogP) is 3.24. The molecule has 8 heteroatoms. The number of carbonyl (C=O) groups is 2. The van der Waals surface area contributed by atoms with Crippen LogP contribution in [-0.2, 0) is 27.4 Å². The first-order valence-corrected chi connectivity index (χ1v) is 12.3. The third kappa shape index (κ3) is 3.34. The average molecular weight is 465 g/mol. The number of amides is 2. The summed E-state index contributed by atoms with van der Waals surface area (Å²) in [6.07, 6.45) is 4.10. The third-order valence-corrected chi connectivity index (χ3v) is 8.66. The van der Waals surface area contributed by atoms with E-state index in [9.17, 15) is 9.59 Å². The van der Waals surface area contributed by atoms with Crippen LogP contribution in [0.3, 0.4) is 0 Å². The van der Waals surface area contributed by atoms with Crippen LogP contribution in [0, 0.1) is 17.3 Å². The minimum Gasteiger partial charge on any atom is -0.374 e. The summed E-state index contributed by atoms with van der Waals surface area (Å²) in [6.45, 7) is 7.81. The van der Waals surface area contributed by atoms with Gasteiger partial charge in [-0.1, -0.05) is 13.8 Å². The zero-order chi connectivity index (χ0) is 22.9. The molecule has 3 fully saturated rings. The Balaban J connectivity index is 1.27. The molecular formula is C25H28N4O3S. The van der Waals surface area contributed by atoms with Crippen LogP contribution in [0.5, 0.6) is 0 Å². The molecule has 3 aliphatic rings. The highest BCUT2D eigenvalue weighted by Gasteiger charge is 2.72. The smallest absolute Gasteiger partial charge is 0.234 e. The van der Waals surface area contributed by atoms with Gasteiger partial charge in [-0.3, -0.25) is 19.5 Å². The number of rotatable bonds is 5. The number of likely N-dealkylation sites (N-methyl/N-ethyl adjacent to an activating group) is 1. The monoisotopic (exact) mass is 464 g/mol. The second-order valence-corrected chi connectivity index (χ2v) is 11.3. The van der Waals surface area contributed by atoms with Crippen molar-refractivity contribution >= 4 is 33.4 Å². The first-order chi connectivity index (χ1) is 15.8. The molecule has 0 radical (unpaired) electrons. The van der Waals surface area contributed by atoms with Gasteiger partial charge in [0.1, 0.15) is 0 Å². The first kappa shape index (κ1) is 21.0. The number of hydrogen-bond acceptors (Lipinski definition) is 6. The van der Waals surface area contributed by atoms with E-state index in [1.165, 1.54) is 4.90 Å². The molecule has 1 aliphatic carbocycles. The van der Waals surface area contributed by atoms with Crippen LogP contribution in [0.1, 0.15) is 18.7 Å². The molecule has 3 atom stereocenters. The number of pyridine rings is 1. The molecule has 2 amide bonds. The molecule has 2 saturated heterocycles. The molecular weight excluding hydrogens is 436 g/mol. The summed E-state index contributed by atoms with van der Waals surface area (Å²) in [6, 6.07) is 8.26. The maximum absolute atomic E-state index is 12.8. The molecule has 3 unspecified atom stereocenters. The van der Waals surface area contributed by atoms with Crippen LogP contribution < -0.4 is 0 Å². The number of morpholine rings is 1. The Morgan fingerprint density at radius 1 is 1.21 bits per heavy atom. The van der Waals surface area contributed by atoms with Gasteiger partial charge in [-0.15, -0.1) is 11.3 Å². The number of aromatic nitrogens is 2. The average Bonchev–Trinajstić information content (AvgIpc) is 3.18. The lowest BCUT2D eigenvalue weighted by molar-refractivity contribution is -0.143. The highest BCUT2D eigenvalue weighted by molar-refractivity contribution is 7.19. The van der Waals surface area contributed by atoms with E-state index in [-0.39, 0.29) is 35.2 Å². The molecule has 0 spiro atoms. The number of carbonyl (C=O) groups excluding carboxylic acids is 2. The summed E-state index contributed by atoms with van der Waals surface area (Å²) >= 11 is 1.62. The number of nitrogens with zero attached hydrogens (tertiary/aromatic N) is 4. The fourth-order valence-electron chi connectivity index (χ4n) is 5.60. The van der Waals surface area contributed by atoms with E-state index in [1.807, 2.05) is 32.2 Å². The van der Waals surface area contributed by atoms with Crippen LogP contribution in [-0.4, -0.2) is 64.0 Å². The maximum Gasteiger partial charge on any atom is 0.234 e. The molecule has 0 aromatic carbocycles. The molecule has 5 heterocycles. The predicted molar refractivity (Wildman–Crippen MR) is 127 cm³/mol. The van der Waals surface area contributed by atoms with Crippen LogP contribution >= 0.6 is 11.3 Å². The summed E-state index contributed by atoms with van der Waals surface area (Å²) in [7, 11) is 2.13. The number of piperidine rings is 1. The van der Waals surface area contributed by atoms with Crippen molar-refractivity contribution in [3.8, 4) is 11.3 Å². The minimum atomic E-state index is -0.179. The van der Waals surface area contributed by atoms with E-state index < -0.39 is 0 Å². The fraction of sp³-hybridized carbons (Fsp3) is 0.480. The number of imide groups is 1. The van der Waals surface area contributed by atoms with Crippen LogP contribution in [0.2, 0.25) is 0 Å². The third-order valence-electron chi connectivity index (χ3n) is 7.52. The van der Waals surface area contributed by atoms with Gasteiger partial charge in [-0.2, -0.15) is 0 Å². The molecule has 7 nitrogen and oxygen atoms in total. The number of hydrogen-bond donors (Lipinski definition) is 0. The molecule has 0 N–H and O–H groups in total. The quantitative estimate of drug-likeness (QED) is 0.543. The van der Waals surface area contributed by atoms with Gasteiger partial charge < -0.3 is 14.2 Å². The lowest BCUT2D eigenvalue weighted by atomic mass is 10.1. The Bertz CT molecular complexity index is 1240. The minimum absolute atomic E-state index is 0.0213. The number of ether oxygens (including phenoxy) is 1. The first-order valence-electron chi connectivity index (χ1n) is 11.5. The number of likely N-dealkylation sites (tertiary alicyclic amines) is 1. The second-order valence-electron chi connectivity index (χ2n) is 10.1. The van der Waals surface area contributed by atoms with Gasteiger partial charge in [0, 0.05) is 41.6 Å². The van der Waals surface area contributed by atoms with Gasteiger partial charge in [0.05, 0.1) is 47.9 Å². The molecule has 1 saturated carbocycles. The SMILES string of the molecule is CN1CCOC(Cn2cccc2-c2ccnc3cc(CN4C(=O)C5C(C4=O)C5(C)C)sc23)C1.